The second-order valence-electron chi connectivity index (χ2n) is 5.59. The van der Waals surface area contributed by atoms with E-state index >= 15 is 0 Å². The molecule has 1 aromatic rings. The number of ether oxygens (including phenoxy) is 1. The van der Waals surface area contributed by atoms with Gasteiger partial charge in [-0.3, -0.25) is 0 Å². The van der Waals surface area contributed by atoms with Crippen LogP contribution in [0.1, 0.15) is 51.1 Å². The van der Waals surface area contributed by atoms with Crippen molar-refractivity contribution in [2.45, 2.75) is 51.7 Å². The molecule has 1 aliphatic rings. The summed E-state index contributed by atoms with van der Waals surface area (Å²) in [5, 5.41) is 3.15. The number of halogens is 1. The molecule has 3 atom stereocenters. The molecule has 0 bridgehead atoms. The Balaban J connectivity index is 2.22. The van der Waals surface area contributed by atoms with Gasteiger partial charge in [0.25, 0.3) is 0 Å². The number of para-hydroxylation sites is 1. The Kier molecular flexibility index (Phi) is 4.81. The summed E-state index contributed by atoms with van der Waals surface area (Å²) in [6.07, 6.45) is 4.80. The molecule has 2 rings (SSSR count). The lowest BCUT2D eigenvalue weighted by atomic mass is 9.88. The van der Waals surface area contributed by atoms with Crippen LogP contribution in [0.5, 0.6) is 5.75 Å². The van der Waals surface area contributed by atoms with Crippen molar-refractivity contribution in [1.82, 2.24) is 5.32 Å². The summed E-state index contributed by atoms with van der Waals surface area (Å²) in [7, 11) is 1.88. The van der Waals surface area contributed by atoms with E-state index in [0.29, 0.717) is 11.7 Å². The monoisotopic (exact) mass is 265 g/mol. The highest BCUT2D eigenvalue weighted by molar-refractivity contribution is 5.37. The van der Waals surface area contributed by atoms with Crippen LogP contribution in [0.3, 0.4) is 0 Å². The fraction of sp³-hybridized carbons (Fsp3) is 0.625. The van der Waals surface area contributed by atoms with Crippen LogP contribution in [-0.4, -0.2) is 13.2 Å². The van der Waals surface area contributed by atoms with Crippen LogP contribution in [0.4, 0.5) is 4.39 Å². The number of rotatable bonds is 4. The summed E-state index contributed by atoms with van der Waals surface area (Å²) in [6, 6.07) is 5.25. The summed E-state index contributed by atoms with van der Waals surface area (Å²) >= 11 is 0. The second-order valence-corrected chi connectivity index (χ2v) is 5.59. The lowest BCUT2D eigenvalue weighted by molar-refractivity contribution is 0.0963. The largest absolute Gasteiger partial charge is 0.487 e. The molecule has 19 heavy (non-hydrogen) atoms. The smallest absolute Gasteiger partial charge is 0.165 e. The molecule has 1 fully saturated rings. The molecule has 0 spiro atoms. The Bertz CT molecular complexity index is 421. The molecule has 0 saturated heterocycles. The predicted octanol–water partition coefficient (Wildman–Crippen LogP) is 4.06. The Morgan fingerprint density at radius 1 is 1.32 bits per heavy atom. The van der Waals surface area contributed by atoms with Crippen LogP contribution in [-0.2, 0) is 0 Å². The zero-order chi connectivity index (χ0) is 13.8. The molecule has 1 N–H and O–H groups in total. The molecule has 106 valence electrons. The molecule has 0 amide bonds. The molecule has 2 nitrogen and oxygen atoms in total. The first-order valence-corrected chi connectivity index (χ1v) is 7.25. The summed E-state index contributed by atoms with van der Waals surface area (Å²) in [6.45, 7) is 4.22. The first kappa shape index (κ1) is 14.3. The van der Waals surface area contributed by atoms with E-state index in [0.717, 1.165) is 12.0 Å². The van der Waals surface area contributed by atoms with Crippen molar-refractivity contribution >= 4 is 0 Å². The topological polar surface area (TPSA) is 21.3 Å². The van der Waals surface area contributed by atoms with Gasteiger partial charge in [-0.25, -0.2) is 4.39 Å². The fourth-order valence-corrected chi connectivity index (χ4v) is 2.76. The molecular weight excluding hydrogens is 241 g/mol. The molecule has 0 heterocycles. The van der Waals surface area contributed by atoms with Crippen LogP contribution in [0.25, 0.3) is 0 Å². The minimum Gasteiger partial charge on any atom is -0.487 e. The van der Waals surface area contributed by atoms with Crippen LogP contribution >= 0.6 is 0 Å². The third-order valence-electron chi connectivity index (χ3n) is 4.20. The van der Waals surface area contributed by atoms with Crippen LogP contribution in [0, 0.1) is 11.7 Å². The highest BCUT2D eigenvalue weighted by Gasteiger charge is 2.25. The molecule has 0 radical (unpaired) electrons. The van der Waals surface area contributed by atoms with Crippen molar-refractivity contribution in [1.29, 1.82) is 0 Å². The van der Waals surface area contributed by atoms with Gasteiger partial charge in [0, 0.05) is 11.6 Å². The summed E-state index contributed by atoms with van der Waals surface area (Å²) in [5.41, 5.74) is 0.903. The van der Waals surface area contributed by atoms with Gasteiger partial charge >= 0.3 is 0 Å². The van der Waals surface area contributed by atoms with Gasteiger partial charge in [0.15, 0.2) is 11.6 Å². The van der Waals surface area contributed by atoms with Gasteiger partial charge < -0.3 is 10.1 Å². The van der Waals surface area contributed by atoms with Crippen molar-refractivity contribution < 1.29 is 9.13 Å². The normalized spacial score (nSPS) is 25.1. The average molecular weight is 265 g/mol. The lowest BCUT2D eigenvalue weighted by Gasteiger charge is -2.30. The molecule has 0 aliphatic heterocycles. The second kappa shape index (κ2) is 6.38. The molecule has 0 aromatic heterocycles. The summed E-state index contributed by atoms with van der Waals surface area (Å²) < 4.78 is 20.1. The highest BCUT2D eigenvalue weighted by Crippen LogP contribution is 2.33. The highest BCUT2D eigenvalue weighted by atomic mass is 19.1. The van der Waals surface area contributed by atoms with Crippen molar-refractivity contribution in [3.63, 3.8) is 0 Å². The Morgan fingerprint density at radius 3 is 2.74 bits per heavy atom. The van der Waals surface area contributed by atoms with E-state index in [-0.39, 0.29) is 18.0 Å². The molecule has 1 aliphatic carbocycles. The summed E-state index contributed by atoms with van der Waals surface area (Å²) in [5.74, 6) is 0.687. The predicted molar refractivity (Wildman–Crippen MR) is 75.9 cm³/mol. The quantitative estimate of drug-likeness (QED) is 0.886. The van der Waals surface area contributed by atoms with Crippen LogP contribution in [0.2, 0.25) is 0 Å². The molecule has 3 heteroatoms. The van der Waals surface area contributed by atoms with E-state index in [4.69, 9.17) is 4.74 Å². The molecular formula is C16H24FNO. The van der Waals surface area contributed by atoms with E-state index in [9.17, 15) is 4.39 Å². The Hall–Kier alpha value is -1.09. The average Bonchev–Trinajstić information content (AvgIpc) is 2.42. The number of benzene rings is 1. The van der Waals surface area contributed by atoms with Gasteiger partial charge in [-0.1, -0.05) is 25.5 Å². The molecule has 1 saturated carbocycles. The number of hydrogen-bond donors (Lipinski definition) is 1. The Labute approximate surface area is 115 Å². The minimum absolute atomic E-state index is 0.0876. The minimum atomic E-state index is -0.252. The molecule has 3 unspecified atom stereocenters. The zero-order valence-electron chi connectivity index (χ0n) is 12.1. The van der Waals surface area contributed by atoms with E-state index < -0.39 is 0 Å². The Morgan fingerprint density at radius 2 is 2.05 bits per heavy atom. The van der Waals surface area contributed by atoms with Crippen molar-refractivity contribution in [3.05, 3.63) is 29.6 Å². The van der Waals surface area contributed by atoms with Crippen molar-refractivity contribution in [2.75, 3.05) is 7.05 Å². The van der Waals surface area contributed by atoms with Gasteiger partial charge in [-0.05, 0) is 45.2 Å². The van der Waals surface area contributed by atoms with E-state index in [1.165, 1.54) is 25.3 Å². The van der Waals surface area contributed by atoms with Gasteiger partial charge in [0.05, 0.1) is 0 Å². The SMILES string of the molecule is CNC(C)c1cccc(F)c1OC1CCCCC1C. The van der Waals surface area contributed by atoms with Crippen molar-refractivity contribution in [3.8, 4) is 5.75 Å². The van der Waals surface area contributed by atoms with Crippen LogP contribution < -0.4 is 10.1 Å². The van der Waals surface area contributed by atoms with E-state index in [1.54, 1.807) is 6.07 Å². The first-order chi connectivity index (χ1) is 9.13. The fourth-order valence-electron chi connectivity index (χ4n) is 2.76. The third-order valence-corrected chi connectivity index (χ3v) is 4.20. The number of nitrogens with one attached hydrogen (secondary N) is 1. The lowest BCUT2D eigenvalue weighted by Crippen LogP contribution is -2.29. The van der Waals surface area contributed by atoms with Gasteiger partial charge in [0.1, 0.15) is 6.10 Å². The first-order valence-electron chi connectivity index (χ1n) is 7.25. The standard InChI is InChI=1S/C16H24FNO/c1-11-7-4-5-10-15(11)19-16-13(12(2)18-3)8-6-9-14(16)17/h6,8-9,11-12,15,18H,4-5,7,10H2,1-3H3. The third kappa shape index (κ3) is 3.27. The van der Waals surface area contributed by atoms with Gasteiger partial charge in [-0.15, -0.1) is 0 Å². The van der Waals surface area contributed by atoms with E-state index in [2.05, 4.69) is 12.2 Å². The van der Waals surface area contributed by atoms with E-state index in [1.807, 2.05) is 20.0 Å². The maximum absolute atomic E-state index is 14.1. The zero-order valence-corrected chi connectivity index (χ0v) is 12.1. The van der Waals surface area contributed by atoms with Crippen LogP contribution in [0.15, 0.2) is 18.2 Å². The summed E-state index contributed by atoms with van der Waals surface area (Å²) in [4.78, 5) is 0. The van der Waals surface area contributed by atoms with Gasteiger partial charge in [0.2, 0.25) is 0 Å². The molecule has 1 aromatic carbocycles. The maximum atomic E-state index is 14.1. The maximum Gasteiger partial charge on any atom is 0.165 e. The number of hydrogen-bond acceptors (Lipinski definition) is 2. The van der Waals surface area contributed by atoms with Crippen molar-refractivity contribution in [2.24, 2.45) is 5.92 Å². The van der Waals surface area contributed by atoms with Gasteiger partial charge in [-0.2, -0.15) is 0 Å².